The summed E-state index contributed by atoms with van der Waals surface area (Å²) in [4.78, 5) is 4.00. The molecule has 0 aliphatic carbocycles. The van der Waals surface area contributed by atoms with E-state index in [2.05, 4.69) is 16.3 Å². The molecule has 2 unspecified atom stereocenters. The molecule has 2 aliphatic rings. The fourth-order valence-corrected chi connectivity index (χ4v) is 6.57. The van der Waals surface area contributed by atoms with Crippen molar-refractivity contribution in [3.05, 3.63) is 21.9 Å². The van der Waals surface area contributed by atoms with Crippen LogP contribution in [0.1, 0.15) is 43.2 Å². The average Bonchev–Trinajstić information content (AvgIpc) is 2.93. The Hall–Kier alpha value is -0.430. The predicted octanol–water partition coefficient (Wildman–Crippen LogP) is 2.73. The monoisotopic (exact) mass is 342 g/mol. The van der Waals surface area contributed by atoms with Gasteiger partial charge in [-0.25, -0.2) is 12.7 Å². The van der Waals surface area contributed by atoms with Crippen LogP contribution in [-0.4, -0.2) is 49.6 Å². The second-order valence-electron chi connectivity index (χ2n) is 6.98. The highest BCUT2D eigenvalue weighted by Gasteiger charge is 2.38. The molecule has 0 N–H and O–H groups in total. The van der Waals surface area contributed by atoms with E-state index in [1.54, 1.807) is 11.4 Å². The molecular weight excluding hydrogens is 316 g/mol. The van der Waals surface area contributed by atoms with E-state index in [0.29, 0.717) is 6.04 Å². The summed E-state index contributed by atoms with van der Waals surface area (Å²) in [7, 11) is -1.37. The standard InChI is InChI=1S/C16H26N2O2S2/c1-12(2)11-22(19,20)17(3)14-5-8-18-7-4-13-6-9-21-16(13)15(18)10-14/h6,9,12,14-15H,4-5,7-8,10-11H2,1-3H3. The average molecular weight is 343 g/mol. The van der Waals surface area contributed by atoms with Gasteiger partial charge in [0, 0.05) is 37.1 Å². The molecular formula is C16H26N2O2S2. The van der Waals surface area contributed by atoms with Crippen LogP contribution in [0.3, 0.4) is 0 Å². The summed E-state index contributed by atoms with van der Waals surface area (Å²) >= 11 is 1.83. The molecule has 124 valence electrons. The molecule has 1 fully saturated rings. The Bertz CT molecular complexity index is 624. The number of thiophene rings is 1. The molecule has 0 spiro atoms. The fourth-order valence-electron chi connectivity index (χ4n) is 3.74. The first-order valence-electron chi connectivity index (χ1n) is 8.14. The van der Waals surface area contributed by atoms with Gasteiger partial charge in [0.1, 0.15) is 0 Å². The number of sulfonamides is 1. The molecule has 6 heteroatoms. The van der Waals surface area contributed by atoms with Crippen molar-refractivity contribution in [2.24, 2.45) is 5.92 Å². The molecule has 1 aromatic rings. The Morgan fingerprint density at radius 3 is 2.91 bits per heavy atom. The Balaban J connectivity index is 1.76. The topological polar surface area (TPSA) is 40.6 Å². The lowest BCUT2D eigenvalue weighted by Gasteiger charge is -2.44. The van der Waals surface area contributed by atoms with Crippen LogP contribution < -0.4 is 0 Å². The summed E-state index contributed by atoms with van der Waals surface area (Å²) in [6.07, 6.45) is 3.02. The van der Waals surface area contributed by atoms with Gasteiger partial charge in [-0.15, -0.1) is 11.3 Å². The normalized spacial score (nSPS) is 26.2. The van der Waals surface area contributed by atoms with Gasteiger partial charge in [0.15, 0.2) is 0 Å². The van der Waals surface area contributed by atoms with Gasteiger partial charge in [0.05, 0.1) is 5.75 Å². The molecule has 0 aromatic carbocycles. The van der Waals surface area contributed by atoms with Crippen molar-refractivity contribution in [2.75, 3.05) is 25.9 Å². The molecule has 2 atom stereocenters. The van der Waals surface area contributed by atoms with Crippen LogP contribution in [0.2, 0.25) is 0 Å². The van der Waals surface area contributed by atoms with Gasteiger partial charge in [-0.1, -0.05) is 13.8 Å². The molecule has 4 nitrogen and oxygen atoms in total. The van der Waals surface area contributed by atoms with Crippen molar-refractivity contribution >= 4 is 21.4 Å². The van der Waals surface area contributed by atoms with E-state index in [9.17, 15) is 8.42 Å². The van der Waals surface area contributed by atoms with Gasteiger partial charge in [-0.05, 0) is 42.2 Å². The van der Waals surface area contributed by atoms with Gasteiger partial charge in [-0.2, -0.15) is 0 Å². The van der Waals surface area contributed by atoms with Crippen LogP contribution in [-0.2, 0) is 16.4 Å². The summed E-state index contributed by atoms with van der Waals surface area (Å²) in [5.74, 6) is 0.421. The number of fused-ring (bicyclic) bond motifs is 3. The van der Waals surface area contributed by atoms with Crippen LogP contribution in [0.4, 0.5) is 0 Å². The number of rotatable bonds is 4. The zero-order chi connectivity index (χ0) is 15.9. The molecule has 0 bridgehead atoms. The summed E-state index contributed by atoms with van der Waals surface area (Å²) in [6, 6.07) is 2.79. The molecule has 0 saturated carbocycles. The third-order valence-electron chi connectivity index (χ3n) is 4.93. The van der Waals surface area contributed by atoms with E-state index >= 15 is 0 Å². The van der Waals surface area contributed by atoms with Crippen LogP contribution in [0.15, 0.2) is 11.4 Å². The molecule has 3 rings (SSSR count). The fraction of sp³-hybridized carbons (Fsp3) is 0.750. The smallest absolute Gasteiger partial charge is 0.214 e. The van der Waals surface area contributed by atoms with Crippen molar-refractivity contribution in [1.29, 1.82) is 0 Å². The lowest BCUT2D eigenvalue weighted by molar-refractivity contribution is 0.0995. The highest BCUT2D eigenvalue weighted by Crippen LogP contribution is 2.40. The van der Waals surface area contributed by atoms with Crippen LogP contribution in [0.25, 0.3) is 0 Å². The first-order chi connectivity index (χ1) is 10.4. The Kier molecular flexibility index (Phi) is 4.65. The molecule has 0 amide bonds. The molecule has 22 heavy (non-hydrogen) atoms. The van der Waals surface area contributed by atoms with E-state index in [4.69, 9.17) is 0 Å². The van der Waals surface area contributed by atoms with Crippen molar-refractivity contribution in [2.45, 2.75) is 45.2 Å². The first-order valence-corrected chi connectivity index (χ1v) is 10.6. The predicted molar refractivity (Wildman–Crippen MR) is 91.7 cm³/mol. The van der Waals surface area contributed by atoms with E-state index in [1.807, 2.05) is 25.2 Å². The highest BCUT2D eigenvalue weighted by molar-refractivity contribution is 7.89. The highest BCUT2D eigenvalue weighted by atomic mass is 32.2. The first kappa shape index (κ1) is 16.4. The maximum atomic E-state index is 12.5. The number of nitrogens with zero attached hydrogens (tertiary/aromatic N) is 2. The van der Waals surface area contributed by atoms with Crippen molar-refractivity contribution in [1.82, 2.24) is 9.21 Å². The van der Waals surface area contributed by atoms with Gasteiger partial charge in [0.25, 0.3) is 0 Å². The maximum Gasteiger partial charge on any atom is 0.214 e. The van der Waals surface area contributed by atoms with Crippen LogP contribution >= 0.6 is 11.3 Å². The van der Waals surface area contributed by atoms with Crippen LogP contribution in [0, 0.1) is 5.92 Å². The van der Waals surface area contributed by atoms with Gasteiger partial charge >= 0.3 is 0 Å². The second kappa shape index (κ2) is 6.23. The minimum absolute atomic E-state index is 0.137. The van der Waals surface area contributed by atoms with Crippen molar-refractivity contribution in [3.8, 4) is 0 Å². The minimum atomic E-state index is -3.14. The Morgan fingerprint density at radius 1 is 1.41 bits per heavy atom. The van der Waals surface area contributed by atoms with E-state index < -0.39 is 10.0 Å². The molecule has 1 saturated heterocycles. The summed E-state index contributed by atoms with van der Waals surface area (Å²) in [6.45, 7) is 6.05. The summed E-state index contributed by atoms with van der Waals surface area (Å²) < 4.78 is 26.7. The Labute approximate surface area is 138 Å². The number of piperidine rings is 1. The van der Waals surface area contributed by atoms with Crippen molar-refractivity contribution < 1.29 is 8.42 Å². The van der Waals surface area contributed by atoms with Crippen molar-refractivity contribution in [3.63, 3.8) is 0 Å². The molecule has 1 aromatic heterocycles. The summed E-state index contributed by atoms with van der Waals surface area (Å²) in [5.41, 5.74) is 1.47. The van der Waals surface area contributed by atoms with Crippen LogP contribution in [0.5, 0.6) is 0 Å². The SMILES string of the molecule is CC(C)CS(=O)(=O)N(C)C1CCN2CCc3ccsc3C2C1. The molecule has 2 aliphatic heterocycles. The molecule has 0 radical (unpaired) electrons. The minimum Gasteiger partial charge on any atom is -0.295 e. The second-order valence-corrected chi connectivity index (χ2v) is 10.00. The van der Waals surface area contributed by atoms with E-state index in [-0.39, 0.29) is 17.7 Å². The number of hydrogen-bond acceptors (Lipinski definition) is 4. The van der Waals surface area contributed by atoms with E-state index in [1.165, 1.54) is 10.4 Å². The zero-order valence-corrected chi connectivity index (χ0v) is 15.3. The third kappa shape index (κ3) is 3.11. The van der Waals surface area contributed by atoms with Gasteiger partial charge in [-0.3, -0.25) is 4.90 Å². The lowest BCUT2D eigenvalue weighted by Crippen LogP contribution is -2.49. The number of hydrogen-bond donors (Lipinski definition) is 0. The van der Waals surface area contributed by atoms with Gasteiger partial charge < -0.3 is 0 Å². The lowest BCUT2D eigenvalue weighted by atomic mass is 9.90. The quantitative estimate of drug-likeness (QED) is 0.845. The molecule has 3 heterocycles. The van der Waals surface area contributed by atoms with E-state index in [0.717, 1.165) is 32.4 Å². The Morgan fingerprint density at radius 2 is 2.18 bits per heavy atom. The zero-order valence-electron chi connectivity index (χ0n) is 13.7. The summed E-state index contributed by atoms with van der Waals surface area (Å²) in [5, 5.41) is 2.18. The van der Waals surface area contributed by atoms with Gasteiger partial charge in [0.2, 0.25) is 10.0 Å². The maximum absolute atomic E-state index is 12.5. The third-order valence-corrected chi connectivity index (χ3v) is 8.26. The largest absolute Gasteiger partial charge is 0.295 e.